The molecule has 0 atom stereocenters. The Morgan fingerprint density at radius 1 is 1.21 bits per heavy atom. The van der Waals surface area contributed by atoms with E-state index in [1.54, 1.807) is 7.11 Å². The molecule has 0 radical (unpaired) electrons. The van der Waals surface area contributed by atoms with Crippen LogP contribution >= 0.6 is 11.6 Å². The molecular weight excluding hydrogens is 396 g/mol. The zero-order valence-corrected chi connectivity index (χ0v) is 16.9. The van der Waals surface area contributed by atoms with Crippen molar-refractivity contribution in [2.75, 3.05) is 51.3 Å². The molecule has 0 spiro atoms. The second-order valence-electron chi connectivity index (χ2n) is 6.68. The van der Waals surface area contributed by atoms with Crippen molar-refractivity contribution in [3.05, 3.63) is 63.2 Å². The van der Waals surface area contributed by atoms with Crippen molar-refractivity contribution in [2.24, 2.45) is 0 Å². The van der Waals surface area contributed by atoms with E-state index in [1.165, 1.54) is 18.2 Å². The Kier molecular flexibility index (Phi) is 6.90. The van der Waals surface area contributed by atoms with Crippen molar-refractivity contribution in [2.45, 2.75) is 0 Å². The predicted octanol–water partition coefficient (Wildman–Crippen LogP) is 2.81. The third kappa shape index (κ3) is 5.16. The van der Waals surface area contributed by atoms with Crippen molar-refractivity contribution in [3.63, 3.8) is 0 Å². The number of non-ortho nitro benzene ring substituents is 1. The summed E-state index contributed by atoms with van der Waals surface area (Å²) in [6.07, 6.45) is 0. The Labute approximate surface area is 174 Å². The van der Waals surface area contributed by atoms with Gasteiger partial charge in [-0.25, -0.2) is 0 Å². The normalized spacial score (nSPS) is 14.5. The summed E-state index contributed by atoms with van der Waals surface area (Å²) >= 11 is 6.01. The average Bonchev–Trinajstić information content (AvgIpc) is 2.74. The van der Waals surface area contributed by atoms with Crippen LogP contribution in [0.25, 0.3) is 0 Å². The van der Waals surface area contributed by atoms with Crippen molar-refractivity contribution < 1.29 is 14.5 Å². The molecule has 3 rings (SSSR count). The highest BCUT2D eigenvalue weighted by Crippen LogP contribution is 2.28. The smallest absolute Gasteiger partial charge is 0.270 e. The summed E-state index contributed by atoms with van der Waals surface area (Å²) in [6.45, 7) is 4.59. The van der Waals surface area contributed by atoms with Gasteiger partial charge in [-0.1, -0.05) is 23.7 Å². The molecular formula is C20H23ClN4O4. The van der Waals surface area contributed by atoms with Crippen molar-refractivity contribution in [1.29, 1.82) is 0 Å². The average molecular weight is 419 g/mol. The van der Waals surface area contributed by atoms with E-state index in [2.05, 4.69) is 21.2 Å². The molecule has 2 aromatic rings. The molecule has 0 aromatic heterocycles. The number of para-hydroxylation sites is 2. The largest absolute Gasteiger partial charge is 0.495 e. The molecule has 9 heteroatoms. The van der Waals surface area contributed by atoms with Crippen LogP contribution in [0.5, 0.6) is 5.75 Å². The van der Waals surface area contributed by atoms with Gasteiger partial charge in [-0.3, -0.25) is 19.8 Å². The summed E-state index contributed by atoms with van der Waals surface area (Å²) in [5.41, 5.74) is 1.04. The van der Waals surface area contributed by atoms with E-state index in [4.69, 9.17) is 16.3 Å². The molecule has 8 nitrogen and oxygen atoms in total. The molecule has 1 heterocycles. The lowest BCUT2D eigenvalue weighted by Crippen LogP contribution is -2.48. The van der Waals surface area contributed by atoms with Gasteiger partial charge < -0.3 is 15.0 Å². The number of methoxy groups -OCH3 is 1. The van der Waals surface area contributed by atoms with Crippen LogP contribution in [0.3, 0.4) is 0 Å². The first-order chi connectivity index (χ1) is 14.0. The minimum absolute atomic E-state index is 0.113. The molecule has 0 unspecified atom stereocenters. The van der Waals surface area contributed by atoms with Gasteiger partial charge in [0.1, 0.15) is 5.75 Å². The van der Waals surface area contributed by atoms with Crippen LogP contribution in [0.15, 0.2) is 42.5 Å². The number of hydrogen-bond acceptors (Lipinski definition) is 6. The van der Waals surface area contributed by atoms with E-state index in [9.17, 15) is 14.9 Å². The van der Waals surface area contributed by atoms with Crippen LogP contribution in [-0.2, 0) is 0 Å². The lowest BCUT2D eigenvalue weighted by atomic mass is 10.2. The molecule has 1 saturated heterocycles. The summed E-state index contributed by atoms with van der Waals surface area (Å²) in [4.78, 5) is 27.2. The molecule has 1 aliphatic heterocycles. The van der Waals surface area contributed by atoms with Crippen LogP contribution in [0.1, 0.15) is 10.4 Å². The van der Waals surface area contributed by atoms with Crippen LogP contribution in [0, 0.1) is 10.1 Å². The number of carbonyl (C=O) groups excluding carboxylic acids is 1. The fourth-order valence-corrected chi connectivity index (χ4v) is 3.53. The highest BCUT2D eigenvalue weighted by atomic mass is 35.5. The van der Waals surface area contributed by atoms with E-state index >= 15 is 0 Å². The van der Waals surface area contributed by atoms with Crippen molar-refractivity contribution in [1.82, 2.24) is 10.2 Å². The third-order valence-corrected chi connectivity index (χ3v) is 5.25. The van der Waals surface area contributed by atoms with Gasteiger partial charge in [-0.15, -0.1) is 0 Å². The van der Waals surface area contributed by atoms with Gasteiger partial charge in [0.2, 0.25) is 0 Å². The Hall–Kier alpha value is -2.84. The third-order valence-electron chi connectivity index (χ3n) is 4.92. The maximum absolute atomic E-state index is 12.3. The lowest BCUT2D eigenvalue weighted by molar-refractivity contribution is -0.384. The number of ether oxygens (including phenoxy) is 1. The van der Waals surface area contributed by atoms with E-state index in [1.807, 2.05) is 18.2 Å². The van der Waals surface area contributed by atoms with Gasteiger partial charge in [0.15, 0.2) is 0 Å². The number of nitro groups is 1. The van der Waals surface area contributed by atoms with E-state index < -0.39 is 10.8 Å². The summed E-state index contributed by atoms with van der Waals surface area (Å²) in [7, 11) is 1.67. The zero-order chi connectivity index (χ0) is 20.8. The van der Waals surface area contributed by atoms with Gasteiger partial charge >= 0.3 is 0 Å². The van der Waals surface area contributed by atoms with Crippen LogP contribution < -0.4 is 15.0 Å². The van der Waals surface area contributed by atoms with Gasteiger partial charge in [-0.2, -0.15) is 0 Å². The summed E-state index contributed by atoms with van der Waals surface area (Å²) in [5.74, 6) is 0.452. The highest BCUT2D eigenvalue weighted by molar-refractivity contribution is 6.33. The number of piperazine rings is 1. The molecule has 1 amide bonds. The molecule has 1 N–H and O–H groups in total. The van der Waals surface area contributed by atoms with Gasteiger partial charge in [0, 0.05) is 51.4 Å². The minimum atomic E-state index is -0.547. The number of rotatable bonds is 7. The fourth-order valence-electron chi connectivity index (χ4n) is 3.33. The Morgan fingerprint density at radius 3 is 2.62 bits per heavy atom. The molecule has 2 aromatic carbocycles. The van der Waals surface area contributed by atoms with Crippen LogP contribution in [0.4, 0.5) is 11.4 Å². The Bertz CT molecular complexity index is 885. The maximum Gasteiger partial charge on any atom is 0.270 e. The fraction of sp³-hybridized carbons (Fsp3) is 0.350. The summed E-state index contributed by atoms with van der Waals surface area (Å²) < 4.78 is 5.44. The number of carbonyl (C=O) groups is 1. The number of nitrogens with zero attached hydrogens (tertiary/aromatic N) is 3. The first kappa shape index (κ1) is 20.9. The molecule has 0 saturated carbocycles. The minimum Gasteiger partial charge on any atom is -0.495 e. The van der Waals surface area contributed by atoms with Gasteiger partial charge in [0.25, 0.3) is 11.6 Å². The molecule has 154 valence electrons. The van der Waals surface area contributed by atoms with Crippen molar-refractivity contribution >= 4 is 28.9 Å². The first-order valence-corrected chi connectivity index (χ1v) is 9.70. The number of nitro benzene ring substituents is 1. The monoisotopic (exact) mass is 418 g/mol. The second-order valence-corrected chi connectivity index (χ2v) is 7.08. The number of halogens is 1. The van der Waals surface area contributed by atoms with Crippen molar-refractivity contribution in [3.8, 4) is 5.75 Å². The number of amides is 1. The molecule has 1 fully saturated rings. The zero-order valence-electron chi connectivity index (χ0n) is 16.1. The van der Waals surface area contributed by atoms with Crippen LogP contribution in [-0.4, -0.2) is 62.1 Å². The second kappa shape index (κ2) is 9.58. The number of anilines is 1. The maximum atomic E-state index is 12.3. The highest BCUT2D eigenvalue weighted by Gasteiger charge is 2.20. The quantitative estimate of drug-likeness (QED) is 0.549. The van der Waals surface area contributed by atoms with Gasteiger partial charge in [-0.05, 0) is 18.2 Å². The van der Waals surface area contributed by atoms with E-state index in [-0.39, 0.29) is 16.3 Å². The molecule has 0 bridgehead atoms. The Balaban J connectivity index is 1.48. The van der Waals surface area contributed by atoms with Crippen LogP contribution in [0.2, 0.25) is 5.02 Å². The molecule has 0 aliphatic carbocycles. The van der Waals surface area contributed by atoms with E-state index in [0.29, 0.717) is 13.1 Å². The lowest BCUT2D eigenvalue weighted by Gasteiger charge is -2.36. The SMILES string of the molecule is COc1ccccc1N1CCN(CCNC(=O)c2cc([N+](=O)[O-])ccc2Cl)CC1. The summed E-state index contributed by atoms with van der Waals surface area (Å²) in [6, 6.07) is 11.8. The predicted molar refractivity (Wildman–Crippen MR) is 112 cm³/mol. The van der Waals surface area contributed by atoms with Gasteiger partial charge in [0.05, 0.1) is 28.3 Å². The number of nitrogens with one attached hydrogen (secondary N) is 1. The number of benzene rings is 2. The Morgan fingerprint density at radius 2 is 1.93 bits per heavy atom. The molecule has 1 aliphatic rings. The topological polar surface area (TPSA) is 88.0 Å². The molecule has 29 heavy (non-hydrogen) atoms. The summed E-state index contributed by atoms with van der Waals surface area (Å²) in [5, 5.41) is 13.9. The first-order valence-electron chi connectivity index (χ1n) is 9.32. The van der Waals surface area contributed by atoms with E-state index in [0.717, 1.165) is 37.6 Å². The standard InChI is InChI=1S/C20H23ClN4O4/c1-29-19-5-3-2-4-18(19)24-12-10-23(11-13-24)9-8-22-20(26)16-14-15(25(27)28)6-7-17(16)21/h2-7,14H,8-13H2,1H3,(H,22,26). The number of hydrogen-bond donors (Lipinski definition) is 1.